The molecule has 1 aliphatic carbocycles. The van der Waals surface area contributed by atoms with E-state index in [1.165, 1.54) is 16.4 Å². The molecule has 1 unspecified atom stereocenters. The number of nitrogens with zero attached hydrogens (tertiary/aromatic N) is 3. The van der Waals surface area contributed by atoms with E-state index in [1.807, 2.05) is 0 Å². The Labute approximate surface area is 191 Å². The maximum absolute atomic E-state index is 13.0. The van der Waals surface area contributed by atoms with Crippen LogP contribution in [-0.2, 0) is 19.9 Å². The third-order valence-corrected chi connectivity index (χ3v) is 10.9. The quantitative estimate of drug-likeness (QED) is 0.631. The fourth-order valence-corrected chi connectivity index (χ4v) is 8.29. The lowest BCUT2D eigenvalue weighted by Crippen LogP contribution is -2.52. The third-order valence-electron chi connectivity index (χ3n) is 7.19. The Balaban J connectivity index is 1.36. The number of hydrogen-bond acceptors (Lipinski definition) is 6. The van der Waals surface area contributed by atoms with E-state index in [1.54, 1.807) is 24.1 Å². The van der Waals surface area contributed by atoms with E-state index in [0.29, 0.717) is 38.2 Å². The van der Waals surface area contributed by atoms with Gasteiger partial charge in [-0.05, 0) is 43.5 Å². The minimum Gasteiger partial charge on any atom is -0.336 e. The summed E-state index contributed by atoms with van der Waals surface area (Å²) >= 11 is 0. The van der Waals surface area contributed by atoms with Gasteiger partial charge in [-0.2, -0.15) is 4.31 Å². The zero-order valence-corrected chi connectivity index (χ0v) is 20.3. The predicted molar refractivity (Wildman–Crippen MR) is 123 cm³/mol. The van der Waals surface area contributed by atoms with Crippen molar-refractivity contribution in [1.82, 2.24) is 14.1 Å². The molecule has 10 heteroatoms. The highest BCUT2D eigenvalue weighted by Gasteiger charge is 2.34. The van der Waals surface area contributed by atoms with Gasteiger partial charge >= 0.3 is 0 Å². The zero-order valence-electron chi connectivity index (χ0n) is 18.6. The number of rotatable bonds is 5. The highest BCUT2D eigenvalue weighted by molar-refractivity contribution is 7.91. The maximum Gasteiger partial charge on any atom is 0.253 e. The zero-order chi connectivity index (χ0) is 22.9. The molecular formula is C22H33N3O5S2. The second-order valence-corrected chi connectivity index (χ2v) is 13.4. The van der Waals surface area contributed by atoms with Gasteiger partial charge in [-0.1, -0.05) is 19.3 Å². The van der Waals surface area contributed by atoms with Gasteiger partial charge in [-0.3, -0.25) is 9.69 Å². The van der Waals surface area contributed by atoms with Gasteiger partial charge in [0.1, 0.15) is 0 Å². The Morgan fingerprint density at radius 1 is 0.969 bits per heavy atom. The van der Waals surface area contributed by atoms with Crippen LogP contribution in [0, 0.1) is 0 Å². The van der Waals surface area contributed by atoms with Gasteiger partial charge in [-0.15, -0.1) is 0 Å². The van der Waals surface area contributed by atoms with Crippen molar-refractivity contribution in [2.75, 3.05) is 44.7 Å². The van der Waals surface area contributed by atoms with E-state index in [2.05, 4.69) is 4.90 Å². The minimum atomic E-state index is -3.58. The van der Waals surface area contributed by atoms with Gasteiger partial charge < -0.3 is 4.90 Å². The summed E-state index contributed by atoms with van der Waals surface area (Å²) < 4.78 is 51.0. The van der Waals surface area contributed by atoms with Crippen molar-refractivity contribution < 1.29 is 21.6 Å². The van der Waals surface area contributed by atoms with Gasteiger partial charge in [-0.25, -0.2) is 16.8 Å². The summed E-state index contributed by atoms with van der Waals surface area (Å²) in [7, 11) is -4.85. The molecular weight excluding hydrogens is 450 g/mol. The fourth-order valence-electron chi connectivity index (χ4n) is 5.11. The number of carbonyl (C=O) groups is 1. The van der Waals surface area contributed by atoms with Gasteiger partial charge in [0.05, 0.1) is 16.4 Å². The molecule has 3 fully saturated rings. The Bertz CT molecular complexity index is 1030. The van der Waals surface area contributed by atoms with Crippen molar-refractivity contribution in [3.8, 4) is 0 Å². The van der Waals surface area contributed by atoms with Crippen LogP contribution in [0.4, 0.5) is 0 Å². The van der Waals surface area contributed by atoms with Crippen LogP contribution in [0.2, 0.25) is 0 Å². The lowest BCUT2D eigenvalue weighted by Gasteiger charge is -2.37. The second kappa shape index (κ2) is 9.40. The summed E-state index contributed by atoms with van der Waals surface area (Å²) in [4.78, 5) is 17.1. The first kappa shape index (κ1) is 23.7. The van der Waals surface area contributed by atoms with Crippen molar-refractivity contribution in [1.29, 1.82) is 0 Å². The number of piperazine rings is 1. The number of amides is 1. The molecule has 0 aromatic heterocycles. The first-order valence-electron chi connectivity index (χ1n) is 11.5. The minimum absolute atomic E-state index is 0.0428. The van der Waals surface area contributed by atoms with Gasteiger partial charge in [0, 0.05) is 50.9 Å². The van der Waals surface area contributed by atoms with Gasteiger partial charge in [0.15, 0.2) is 9.84 Å². The van der Waals surface area contributed by atoms with Gasteiger partial charge in [0.25, 0.3) is 5.91 Å². The van der Waals surface area contributed by atoms with Crippen molar-refractivity contribution in [2.24, 2.45) is 0 Å². The largest absolute Gasteiger partial charge is 0.336 e. The molecule has 1 atom stereocenters. The molecule has 2 saturated heterocycles. The molecule has 32 heavy (non-hydrogen) atoms. The number of sulfone groups is 1. The van der Waals surface area contributed by atoms with Crippen LogP contribution in [0.3, 0.4) is 0 Å². The van der Waals surface area contributed by atoms with Crippen molar-refractivity contribution in [3.63, 3.8) is 0 Å². The summed E-state index contributed by atoms with van der Waals surface area (Å²) in [5.74, 6) is 0.349. The Morgan fingerprint density at radius 3 is 2.16 bits per heavy atom. The normalized spacial score (nSPS) is 25.3. The summed E-state index contributed by atoms with van der Waals surface area (Å²) in [6.45, 7) is 2.40. The molecule has 1 aromatic carbocycles. The molecule has 2 aliphatic heterocycles. The number of carbonyl (C=O) groups excluding carboxylic acids is 1. The lowest BCUT2D eigenvalue weighted by atomic mass is 9.96. The molecule has 1 amide bonds. The highest BCUT2D eigenvalue weighted by atomic mass is 32.2. The molecule has 8 nitrogen and oxygen atoms in total. The molecule has 0 spiro atoms. The Morgan fingerprint density at radius 2 is 1.59 bits per heavy atom. The van der Waals surface area contributed by atoms with Crippen molar-refractivity contribution >= 4 is 25.8 Å². The highest BCUT2D eigenvalue weighted by Crippen LogP contribution is 2.27. The van der Waals surface area contributed by atoms with E-state index in [0.717, 1.165) is 32.1 Å². The van der Waals surface area contributed by atoms with Crippen LogP contribution in [0.1, 0.15) is 48.9 Å². The Hall–Kier alpha value is -1.49. The third kappa shape index (κ3) is 5.03. The standard InChI is InChI=1S/C22H33N3O5S2/c1-23(19-5-3-2-4-6-19)32(29,30)21-9-7-18(8-10-21)22(26)25-14-12-24(13-15-25)20-11-16-31(27,28)17-20/h7-10,19-20H,2-6,11-17H2,1H3. The monoisotopic (exact) mass is 483 g/mol. The molecule has 0 bridgehead atoms. The smallest absolute Gasteiger partial charge is 0.253 e. The van der Waals surface area contributed by atoms with Crippen LogP contribution >= 0.6 is 0 Å². The van der Waals surface area contributed by atoms with E-state index in [9.17, 15) is 21.6 Å². The van der Waals surface area contributed by atoms with Crippen LogP contribution in [-0.4, -0.2) is 93.7 Å². The maximum atomic E-state index is 13.0. The summed E-state index contributed by atoms with van der Waals surface area (Å²) in [6.07, 6.45) is 5.73. The molecule has 2 heterocycles. The molecule has 1 aromatic rings. The Kier molecular flexibility index (Phi) is 6.95. The summed E-state index contributed by atoms with van der Waals surface area (Å²) in [6, 6.07) is 6.35. The average Bonchev–Trinajstić information content (AvgIpc) is 3.18. The molecule has 178 valence electrons. The van der Waals surface area contributed by atoms with Crippen molar-refractivity contribution in [2.45, 2.75) is 55.5 Å². The first-order chi connectivity index (χ1) is 15.2. The van der Waals surface area contributed by atoms with E-state index in [4.69, 9.17) is 0 Å². The number of hydrogen-bond donors (Lipinski definition) is 0. The predicted octanol–water partition coefficient (Wildman–Crippen LogP) is 1.58. The van der Waals surface area contributed by atoms with E-state index in [-0.39, 0.29) is 34.4 Å². The fraction of sp³-hybridized carbons (Fsp3) is 0.682. The molecule has 1 saturated carbocycles. The average molecular weight is 484 g/mol. The molecule has 4 rings (SSSR count). The molecule has 0 N–H and O–H groups in total. The van der Waals surface area contributed by atoms with Crippen molar-refractivity contribution in [3.05, 3.63) is 29.8 Å². The van der Waals surface area contributed by atoms with Crippen LogP contribution in [0.15, 0.2) is 29.2 Å². The number of sulfonamides is 1. The van der Waals surface area contributed by atoms with Crippen LogP contribution < -0.4 is 0 Å². The molecule has 0 radical (unpaired) electrons. The van der Waals surface area contributed by atoms with Gasteiger partial charge in [0.2, 0.25) is 10.0 Å². The lowest BCUT2D eigenvalue weighted by molar-refractivity contribution is 0.0587. The van der Waals surface area contributed by atoms with Crippen LogP contribution in [0.5, 0.6) is 0 Å². The topological polar surface area (TPSA) is 95.1 Å². The summed E-state index contributed by atoms with van der Waals surface area (Å²) in [5.41, 5.74) is 0.473. The first-order valence-corrected chi connectivity index (χ1v) is 14.8. The van der Waals surface area contributed by atoms with Crippen LogP contribution in [0.25, 0.3) is 0 Å². The van der Waals surface area contributed by atoms with E-state index < -0.39 is 19.9 Å². The number of benzene rings is 1. The molecule has 3 aliphatic rings. The SMILES string of the molecule is CN(C1CCCCC1)S(=O)(=O)c1ccc(C(=O)N2CCN(C3CCS(=O)(=O)C3)CC2)cc1. The second-order valence-electron chi connectivity index (χ2n) is 9.22. The summed E-state index contributed by atoms with van der Waals surface area (Å²) in [5, 5.41) is 0. The van der Waals surface area contributed by atoms with E-state index >= 15 is 0 Å².